The molecule has 0 bridgehead atoms. The Morgan fingerprint density at radius 2 is 2.00 bits per heavy atom. The Morgan fingerprint density at radius 1 is 1.42 bits per heavy atom. The summed E-state index contributed by atoms with van der Waals surface area (Å²) < 4.78 is 5.24. The Balaban J connectivity index is 1.84. The summed E-state index contributed by atoms with van der Waals surface area (Å²) in [4.78, 5) is 11.6. The highest BCUT2D eigenvalue weighted by Crippen LogP contribution is 2.51. The third kappa shape index (κ3) is 1.28. The van der Waals surface area contributed by atoms with Gasteiger partial charge in [0.1, 0.15) is 5.78 Å². The first-order valence-electron chi connectivity index (χ1n) is 4.80. The first kappa shape index (κ1) is 8.24. The zero-order chi connectivity index (χ0) is 8.72. The molecule has 2 heteroatoms. The molecule has 0 aromatic heterocycles. The molecule has 0 radical (unpaired) electrons. The summed E-state index contributed by atoms with van der Waals surface area (Å²) in [6.45, 7) is 5.87. The number of rotatable bonds is 3. The van der Waals surface area contributed by atoms with Crippen LogP contribution >= 0.6 is 0 Å². The monoisotopic (exact) mass is 168 g/mol. The molecular weight excluding hydrogens is 152 g/mol. The van der Waals surface area contributed by atoms with Gasteiger partial charge in [0.15, 0.2) is 0 Å². The number of hydrogen-bond donors (Lipinski definition) is 0. The van der Waals surface area contributed by atoms with Crippen molar-refractivity contribution in [3.05, 3.63) is 0 Å². The van der Waals surface area contributed by atoms with Crippen molar-refractivity contribution in [3.63, 3.8) is 0 Å². The van der Waals surface area contributed by atoms with Gasteiger partial charge in [-0.05, 0) is 17.8 Å². The molecule has 1 aliphatic carbocycles. The lowest BCUT2D eigenvalue weighted by Crippen LogP contribution is -2.11. The van der Waals surface area contributed by atoms with E-state index >= 15 is 0 Å². The van der Waals surface area contributed by atoms with Crippen LogP contribution in [0, 0.1) is 23.7 Å². The molecule has 0 spiro atoms. The molecule has 2 aliphatic rings. The van der Waals surface area contributed by atoms with Crippen LogP contribution in [-0.4, -0.2) is 19.0 Å². The SMILES string of the molecule is CC(C)CC(=O)C1C2COCC21. The average molecular weight is 168 g/mol. The van der Waals surface area contributed by atoms with Crippen molar-refractivity contribution in [3.8, 4) is 0 Å². The highest BCUT2D eigenvalue weighted by Gasteiger charge is 2.57. The molecule has 1 heterocycles. The third-order valence-corrected chi connectivity index (χ3v) is 2.93. The van der Waals surface area contributed by atoms with E-state index in [-0.39, 0.29) is 0 Å². The Kier molecular flexibility index (Phi) is 1.95. The molecule has 2 rings (SSSR count). The Labute approximate surface area is 73.3 Å². The summed E-state index contributed by atoms with van der Waals surface area (Å²) >= 11 is 0. The topological polar surface area (TPSA) is 26.3 Å². The van der Waals surface area contributed by atoms with Gasteiger partial charge in [0, 0.05) is 12.3 Å². The Bertz CT molecular complexity index is 188. The summed E-state index contributed by atoms with van der Waals surface area (Å²) in [5.41, 5.74) is 0. The summed E-state index contributed by atoms with van der Waals surface area (Å²) in [7, 11) is 0. The van der Waals surface area contributed by atoms with Crippen LogP contribution in [0.1, 0.15) is 20.3 Å². The second kappa shape index (κ2) is 2.84. The van der Waals surface area contributed by atoms with E-state index in [0.29, 0.717) is 29.5 Å². The molecule has 0 N–H and O–H groups in total. The maximum atomic E-state index is 11.6. The van der Waals surface area contributed by atoms with E-state index < -0.39 is 0 Å². The van der Waals surface area contributed by atoms with E-state index in [1.807, 2.05) is 0 Å². The van der Waals surface area contributed by atoms with Crippen LogP contribution in [0.3, 0.4) is 0 Å². The first-order valence-corrected chi connectivity index (χ1v) is 4.80. The number of ether oxygens (including phenoxy) is 1. The molecule has 1 saturated heterocycles. The zero-order valence-electron chi connectivity index (χ0n) is 7.75. The van der Waals surface area contributed by atoms with Crippen LogP contribution in [0.2, 0.25) is 0 Å². The maximum Gasteiger partial charge on any atom is 0.136 e. The molecular formula is C10H16O2. The van der Waals surface area contributed by atoms with Gasteiger partial charge in [0.05, 0.1) is 13.2 Å². The van der Waals surface area contributed by atoms with E-state index in [4.69, 9.17) is 4.74 Å². The number of ketones is 1. The minimum atomic E-state index is 0.376. The second-order valence-corrected chi connectivity index (χ2v) is 4.46. The van der Waals surface area contributed by atoms with Crippen molar-refractivity contribution < 1.29 is 9.53 Å². The molecule has 1 saturated carbocycles. The van der Waals surface area contributed by atoms with Crippen LogP contribution in [0.25, 0.3) is 0 Å². The summed E-state index contributed by atoms with van der Waals surface area (Å²) in [5.74, 6) is 2.55. The lowest BCUT2D eigenvalue weighted by molar-refractivity contribution is -0.122. The number of Topliss-reactive ketones (excluding diaryl/α,β-unsaturated/α-hetero) is 1. The maximum absolute atomic E-state index is 11.6. The van der Waals surface area contributed by atoms with Crippen molar-refractivity contribution in [2.75, 3.05) is 13.2 Å². The van der Waals surface area contributed by atoms with Crippen molar-refractivity contribution in [2.45, 2.75) is 20.3 Å². The van der Waals surface area contributed by atoms with E-state index in [2.05, 4.69) is 13.8 Å². The van der Waals surface area contributed by atoms with Crippen molar-refractivity contribution in [2.24, 2.45) is 23.7 Å². The van der Waals surface area contributed by atoms with Crippen LogP contribution in [0.15, 0.2) is 0 Å². The van der Waals surface area contributed by atoms with Gasteiger partial charge in [-0.25, -0.2) is 0 Å². The quantitative estimate of drug-likeness (QED) is 0.638. The molecule has 2 unspecified atom stereocenters. The lowest BCUT2D eigenvalue weighted by Gasteiger charge is -2.05. The minimum absolute atomic E-state index is 0.376. The number of fused-ring (bicyclic) bond motifs is 1. The van der Waals surface area contributed by atoms with Gasteiger partial charge < -0.3 is 4.74 Å². The van der Waals surface area contributed by atoms with Crippen molar-refractivity contribution >= 4 is 5.78 Å². The largest absolute Gasteiger partial charge is 0.381 e. The average Bonchev–Trinajstić information content (AvgIpc) is 2.45. The molecule has 2 atom stereocenters. The van der Waals surface area contributed by atoms with Crippen molar-refractivity contribution in [1.82, 2.24) is 0 Å². The van der Waals surface area contributed by atoms with Crippen LogP contribution in [-0.2, 0) is 9.53 Å². The van der Waals surface area contributed by atoms with Gasteiger partial charge in [-0.3, -0.25) is 4.79 Å². The van der Waals surface area contributed by atoms with Gasteiger partial charge >= 0.3 is 0 Å². The van der Waals surface area contributed by atoms with E-state index in [9.17, 15) is 4.79 Å². The second-order valence-electron chi connectivity index (χ2n) is 4.46. The summed E-state index contributed by atoms with van der Waals surface area (Å²) in [6.07, 6.45) is 0.762. The molecule has 2 nitrogen and oxygen atoms in total. The standard InChI is InChI=1S/C10H16O2/c1-6(2)3-9(11)10-7-4-12-5-8(7)10/h6-8,10H,3-5H2,1-2H3. The molecule has 0 amide bonds. The fourth-order valence-electron chi connectivity index (χ4n) is 2.26. The summed E-state index contributed by atoms with van der Waals surface area (Å²) in [5, 5.41) is 0. The molecule has 2 fully saturated rings. The third-order valence-electron chi connectivity index (χ3n) is 2.93. The van der Waals surface area contributed by atoms with Crippen molar-refractivity contribution in [1.29, 1.82) is 0 Å². The predicted octanol–water partition coefficient (Wildman–Crippen LogP) is 1.49. The molecule has 12 heavy (non-hydrogen) atoms. The molecule has 1 aliphatic heterocycles. The van der Waals surface area contributed by atoms with E-state index in [0.717, 1.165) is 19.6 Å². The van der Waals surface area contributed by atoms with Gasteiger partial charge in [-0.1, -0.05) is 13.8 Å². The van der Waals surface area contributed by atoms with Crippen LogP contribution in [0.5, 0.6) is 0 Å². The highest BCUT2D eigenvalue weighted by atomic mass is 16.5. The molecule has 0 aromatic carbocycles. The van der Waals surface area contributed by atoms with Crippen LogP contribution in [0.4, 0.5) is 0 Å². The Morgan fingerprint density at radius 3 is 2.50 bits per heavy atom. The predicted molar refractivity (Wildman–Crippen MR) is 45.8 cm³/mol. The first-order chi connectivity index (χ1) is 5.70. The molecule has 0 aromatic rings. The Hall–Kier alpha value is -0.370. The number of carbonyl (C=O) groups excluding carboxylic acids is 1. The number of carbonyl (C=O) groups is 1. The lowest BCUT2D eigenvalue weighted by atomic mass is 10.0. The fourth-order valence-corrected chi connectivity index (χ4v) is 2.26. The van der Waals surface area contributed by atoms with Crippen LogP contribution < -0.4 is 0 Å². The van der Waals surface area contributed by atoms with Gasteiger partial charge in [-0.15, -0.1) is 0 Å². The minimum Gasteiger partial charge on any atom is -0.381 e. The molecule has 68 valence electrons. The summed E-state index contributed by atoms with van der Waals surface area (Å²) in [6, 6.07) is 0. The fraction of sp³-hybridized carbons (Fsp3) is 0.900. The van der Waals surface area contributed by atoms with Gasteiger partial charge in [0.25, 0.3) is 0 Å². The zero-order valence-corrected chi connectivity index (χ0v) is 7.75. The normalized spacial score (nSPS) is 38.4. The number of hydrogen-bond acceptors (Lipinski definition) is 2. The smallest absolute Gasteiger partial charge is 0.136 e. The van der Waals surface area contributed by atoms with Gasteiger partial charge in [-0.2, -0.15) is 0 Å². The van der Waals surface area contributed by atoms with Gasteiger partial charge in [0.2, 0.25) is 0 Å². The highest BCUT2D eigenvalue weighted by molar-refractivity contribution is 5.84. The van der Waals surface area contributed by atoms with E-state index in [1.54, 1.807) is 0 Å². The van der Waals surface area contributed by atoms with E-state index in [1.165, 1.54) is 0 Å².